The molecule has 1 aliphatic heterocycles. The molecule has 2 N–H and O–H groups in total. The van der Waals surface area contributed by atoms with Crippen LogP contribution in [0.25, 0.3) is 22.0 Å². The number of carbonyl (C=O) groups excluding carboxylic acids is 1. The van der Waals surface area contributed by atoms with E-state index in [0.29, 0.717) is 38.6 Å². The molecule has 7 nitrogen and oxygen atoms in total. The van der Waals surface area contributed by atoms with E-state index in [1.54, 1.807) is 6.26 Å². The number of para-hydroxylation sites is 2. The molecule has 5 rings (SSSR count). The number of aromatic nitrogens is 2. The maximum absolute atomic E-state index is 12.5. The Morgan fingerprint density at radius 1 is 1.22 bits per heavy atom. The van der Waals surface area contributed by atoms with Gasteiger partial charge < -0.3 is 19.5 Å². The first kappa shape index (κ1) is 20.7. The molecule has 7 heteroatoms. The lowest BCUT2D eigenvalue weighted by Gasteiger charge is -2.22. The molecule has 0 unspecified atom stereocenters. The van der Waals surface area contributed by atoms with E-state index in [4.69, 9.17) is 9.15 Å². The van der Waals surface area contributed by atoms with Crippen LogP contribution in [-0.2, 0) is 22.4 Å². The van der Waals surface area contributed by atoms with E-state index in [1.165, 1.54) is 5.56 Å². The van der Waals surface area contributed by atoms with Crippen molar-refractivity contribution in [2.45, 2.75) is 12.8 Å². The van der Waals surface area contributed by atoms with Crippen molar-refractivity contribution >= 4 is 27.9 Å². The summed E-state index contributed by atoms with van der Waals surface area (Å²) >= 11 is 0. The number of fused-ring (bicyclic) bond motifs is 2. The van der Waals surface area contributed by atoms with Crippen molar-refractivity contribution in [1.82, 2.24) is 20.2 Å². The van der Waals surface area contributed by atoms with Crippen LogP contribution in [0, 0.1) is 5.92 Å². The fraction of sp³-hybridized carbons (Fsp3) is 0.360. The summed E-state index contributed by atoms with van der Waals surface area (Å²) in [7, 11) is 0. The number of ether oxygens (including phenoxy) is 1. The highest BCUT2D eigenvalue weighted by Gasteiger charge is 2.21. The van der Waals surface area contributed by atoms with Crippen molar-refractivity contribution in [3.05, 3.63) is 66.2 Å². The third-order valence-corrected chi connectivity index (χ3v) is 5.96. The van der Waals surface area contributed by atoms with E-state index in [1.807, 2.05) is 30.3 Å². The van der Waals surface area contributed by atoms with Gasteiger partial charge >= 0.3 is 0 Å². The molecule has 0 bridgehead atoms. The molecular weight excluding hydrogens is 404 g/mol. The molecular formula is C25H28N4O3. The van der Waals surface area contributed by atoms with Crippen LogP contribution in [0.15, 0.2) is 59.2 Å². The van der Waals surface area contributed by atoms with Crippen LogP contribution in [0.4, 0.5) is 0 Å². The van der Waals surface area contributed by atoms with Gasteiger partial charge in [0.1, 0.15) is 11.4 Å². The fourth-order valence-electron chi connectivity index (χ4n) is 4.38. The first-order valence-corrected chi connectivity index (χ1v) is 11.2. The molecule has 3 heterocycles. The van der Waals surface area contributed by atoms with Gasteiger partial charge in [0, 0.05) is 31.4 Å². The Kier molecular flexibility index (Phi) is 6.18. The maximum atomic E-state index is 12.5. The number of amides is 1. The maximum Gasteiger partial charge on any atom is 0.234 e. The van der Waals surface area contributed by atoms with E-state index < -0.39 is 0 Å². The van der Waals surface area contributed by atoms with Crippen molar-refractivity contribution in [2.75, 3.05) is 39.4 Å². The molecule has 0 spiro atoms. The third kappa shape index (κ3) is 5.00. The highest BCUT2D eigenvalue weighted by atomic mass is 16.5. The summed E-state index contributed by atoms with van der Waals surface area (Å²) in [6.45, 7) is 3.92. The zero-order valence-electron chi connectivity index (χ0n) is 18.0. The monoisotopic (exact) mass is 432 g/mol. The van der Waals surface area contributed by atoms with Crippen LogP contribution in [0.3, 0.4) is 0 Å². The minimum absolute atomic E-state index is 0.0405. The van der Waals surface area contributed by atoms with Gasteiger partial charge in [-0.3, -0.25) is 9.69 Å². The summed E-state index contributed by atoms with van der Waals surface area (Å²) in [6.07, 6.45) is 3.31. The van der Waals surface area contributed by atoms with Crippen molar-refractivity contribution < 1.29 is 13.9 Å². The molecule has 166 valence electrons. The van der Waals surface area contributed by atoms with E-state index in [9.17, 15) is 4.79 Å². The minimum Gasteiger partial charge on any atom is -0.464 e. The Labute approximate surface area is 186 Å². The smallest absolute Gasteiger partial charge is 0.234 e. The van der Waals surface area contributed by atoms with Crippen LogP contribution < -0.4 is 5.32 Å². The quantitative estimate of drug-likeness (QED) is 0.469. The lowest BCUT2D eigenvalue weighted by Crippen LogP contribution is -2.40. The van der Waals surface area contributed by atoms with E-state index >= 15 is 0 Å². The van der Waals surface area contributed by atoms with Gasteiger partial charge in [-0.05, 0) is 42.2 Å². The van der Waals surface area contributed by atoms with Gasteiger partial charge in [0.15, 0.2) is 0 Å². The van der Waals surface area contributed by atoms with Crippen molar-refractivity contribution in [1.29, 1.82) is 0 Å². The summed E-state index contributed by atoms with van der Waals surface area (Å²) in [5, 5.41) is 4.15. The number of imidazole rings is 1. The summed E-state index contributed by atoms with van der Waals surface area (Å²) < 4.78 is 11.4. The van der Waals surface area contributed by atoms with E-state index in [0.717, 1.165) is 47.3 Å². The van der Waals surface area contributed by atoms with Gasteiger partial charge in [-0.25, -0.2) is 4.98 Å². The Morgan fingerprint density at radius 3 is 3.09 bits per heavy atom. The van der Waals surface area contributed by atoms with Crippen LogP contribution >= 0.6 is 0 Å². The number of nitrogens with zero attached hydrogens (tertiary/aromatic N) is 2. The normalized spacial score (nSPS) is 17.6. The SMILES string of the molecule is O=C(CN1CCOC[C@@H](Cc2ccc3ccoc3c2)C1)NCCc1nc2ccccc2[nH]1. The van der Waals surface area contributed by atoms with Crippen LogP contribution in [0.1, 0.15) is 11.4 Å². The number of hydrogen-bond acceptors (Lipinski definition) is 5. The van der Waals surface area contributed by atoms with Crippen molar-refractivity contribution in [3.63, 3.8) is 0 Å². The first-order chi connectivity index (χ1) is 15.7. The summed E-state index contributed by atoms with van der Waals surface area (Å²) in [6, 6.07) is 16.3. The van der Waals surface area contributed by atoms with Crippen molar-refractivity contribution in [2.24, 2.45) is 5.92 Å². The van der Waals surface area contributed by atoms with Gasteiger partial charge in [-0.15, -0.1) is 0 Å². The second-order valence-electron chi connectivity index (χ2n) is 8.47. The Balaban J connectivity index is 1.11. The Hall–Kier alpha value is -3.16. The first-order valence-electron chi connectivity index (χ1n) is 11.2. The molecule has 1 fully saturated rings. The molecule has 0 aliphatic carbocycles. The molecule has 1 saturated heterocycles. The van der Waals surface area contributed by atoms with E-state index in [-0.39, 0.29) is 5.91 Å². The van der Waals surface area contributed by atoms with Gasteiger partial charge in [0.25, 0.3) is 0 Å². The second kappa shape index (κ2) is 9.54. The zero-order chi connectivity index (χ0) is 21.8. The lowest BCUT2D eigenvalue weighted by atomic mass is 9.99. The Bertz CT molecular complexity index is 1170. The van der Waals surface area contributed by atoms with Gasteiger partial charge in [0.05, 0.1) is 37.1 Å². The summed E-state index contributed by atoms with van der Waals surface area (Å²) in [5.74, 6) is 1.27. The zero-order valence-corrected chi connectivity index (χ0v) is 18.0. The molecule has 0 radical (unpaired) electrons. The summed E-state index contributed by atoms with van der Waals surface area (Å²) in [5.41, 5.74) is 4.13. The second-order valence-corrected chi connectivity index (χ2v) is 8.47. The van der Waals surface area contributed by atoms with Crippen LogP contribution in [-0.4, -0.2) is 60.2 Å². The molecule has 1 atom stereocenters. The number of H-pyrrole nitrogens is 1. The predicted octanol–water partition coefficient (Wildman–Crippen LogP) is 3.16. The van der Waals surface area contributed by atoms with Gasteiger partial charge in [0.2, 0.25) is 5.91 Å². The van der Waals surface area contributed by atoms with Crippen LogP contribution in [0.5, 0.6) is 0 Å². The van der Waals surface area contributed by atoms with Crippen molar-refractivity contribution in [3.8, 4) is 0 Å². The highest BCUT2D eigenvalue weighted by molar-refractivity contribution is 5.78. The topological polar surface area (TPSA) is 83.4 Å². The summed E-state index contributed by atoms with van der Waals surface area (Å²) in [4.78, 5) is 22.6. The predicted molar refractivity (Wildman–Crippen MR) is 123 cm³/mol. The number of rotatable bonds is 7. The minimum atomic E-state index is 0.0405. The Morgan fingerprint density at radius 2 is 2.16 bits per heavy atom. The standard InChI is InChI=1S/C25H28N4O3/c30-25(26-9-7-24-27-21-3-1-2-4-22(21)28-24)16-29-10-12-31-17-19(15-29)13-18-5-6-20-8-11-32-23(20)14-18/h1-6,8,11,14,19H,7,9-10,12-13,15-17H2,(H,26,30)(H,27,28)/t19-/m0/s1. The average molecular weight is 433 g/mol. The van der Waals surface area contributed by atoms with Crippen LogP contribution in [0.2, 0.25) is 0 Å². The molecule has 2 aromatic heterocycles. The largest absolute Gasteiger partial charge is 0.464 e. The number of furan rings is 1. The van der Waals surface area contributed by atoms with Gasteiger partial charge in [-0.2, -0.15) is 0 Å². The number of nitrogens with one attached hydrogen (secondary N) is 2. The number of hydrogen-bond donors (Lipinski definition) is 2. The molecule has 1 amide bonds. The third-order valence-electron chi connectivity index (χ3n) is 5.96. The fourth-order valence-corrected chi connectivity index (χ4v) is 4.38. The highest BCUT2D eigenvalue weighted by Crippen LogP contribution is 2.20. The van der Waals surface area contributed by atoms with E-state index in [2.05, 4.69) is 38.4 Å². The molecule has 4 aromatic rings. The molecule has 0 saturated carbocycles. The molecule has 1 aliphatic rings. The lowest BCUT2D eigenvalue weighted by molar-refractivity contribution is -0.122. The number of benzene rings is 2. The van der Waals surface area contributed by atoms with Gasteiger partial charge in [-0.1, -0.05) is 24.3 Å². The molecule has 32 heavy (non-hydrogen) atoms. The number of aromatic amines is 1. The number of carbonyl (C=O) groups is 1. The molecule has 2 aromatic carbocycles. The average Bonchev–Trinajstić information content (AvgIpc) is 3.36.